The Morgan fingerprint density at radius 3 is 0.608 bits per heavy atom. The second-order valence-electron chi connectivity index (χ2n) is 28.9. The first-order chi connectivity index (χ1) is 50.0. The minimum atomic E-state index is -0.129. The molecule has 0 radical (unpaired) electrons. The van der Waals surface area contributed by atoms with E-state index in [2.05, 4.69) is 139 Å². The standard InChI is InChI=1S/C94H116O4S4/c1-7-11-15-19-23-27-31-35-41-71-49-57-75(58-50-71)91(95)79-65-80(92(96)76-59-51-72(52-60-76)42-36-32-28-24-20-16-12-8-2)88-67-87(79)99-83-45-39-46-84(69(83)5)101-89-68-90(102-86-48-40-47-85(100-88)70(86)6)82(94(98)78-63-55-74(56-64-78)44-38-34-30-26-22-18-14-10-4)66-81(89)93(97)77-61-53-73(54-62-77)43-37-33-29-25-21-17-13-9-3/h39-40,45-68H,7-38,41-44H2,1-6H3. The Kier molecular flexibility index (Phi) is 34.5. The lowest BCUT2D eigenvalue weighted by atomic mass is 9.95. The molecule has 0 N–H and O–H groups in total. The van der Waals surface area contributed by atoms with E-state index in [1.807, 2.05) is 60.7 Å². The van der Waals surface area contributed by atoms with E-state index in [-0.39, 0.29) is 23.1 Å². The minimum Gasteiger partial charge on any atom is -0.289 e. The molecule has 1 aliphatic rings. The van der Waals surface area contributed by atoms with Crippen LogP contribution >= 0.6 is 47.0 Å². The number of carbonyl (C=O) groups is 4. The lowest BCUT2D eigenvalue weighted by molar-refractivity contribution is 0.102. The fourth-order valence-electron chi connectivity index (χ4n) is 14.0. The van der Waals surface area contributed by atoms with Crippen LogP contribution in [0.5, 0.6) is 0 Å². The number of benzene rings is 8. The van der Waals surface area contributed by atoms with Gasteiger partial charge in [0.15, 0.2) is 23.1 Å². The van der Waals surface area contributed by atoms with Gasteiger partial charge in [0.05, 0.1) is 0 Å². The zero-order chi connectivity index (χ0) is 71.7. The summed E-state index contributed by atoms with van der Waals surface area (Å²) in [4.78, 5) is 69.0. The molecular formula is C94H116O4S4. The van der Waals surface area contributed by atoms with Crippen molar-refractivity contribution in [2.45, 2.75) is 312 Å². The number of fused-ring (bicyclic) bond motifs is 8. The largest absolute Gasteiger partial charge is 0.289 e. The molecule has 0 aromatic heterocycles. The molecule has 1 aliphatic heterocycles. The van der Waals surface area contributed by atoms with E-state index in [4.69, 9.17) is 0 Å². The second-order valence-corrected chi connectivity index (χ2v) is 33.2. The van der Waals surface area contributed by atoms with Crippen LogP contribution in [0.4, 0.5) is 0 Å². The molecule has 8 bridgehead atoms. The monoisotopic (exact) mass is 1440 g/mol. The molecular weight excluding hydrogens is 1320 g/mol. The predicted molar refractivity (Wildman–Crippen MR) is 436 cm³/mol. The fraction of sp³-hybridized carbons (Fsp3) is 0.447. The van der Waals surface area contributed by atoms with Crippen LogP contribution in [0.1, 0.15) is 330 Å². The van der Waals surface area contributed by atoms with E-state index in [1.54, 1.807) is 47.0 Å². The molecule has 0 saturated carbocycles. The van der Waals surface area contributed by atoms with Crippen molar-refractivity contribution in [1.29, 1.82) is 0 Å². The van der Waals surface area contributed by atoms with Gasteiger partial charge in [0.2, 0.25) is 0 Å². The van der Waals surface area contributed by atoms with E-state index in [0.29, 0.717) is 44.5 Å². The number of hydrogen-bond acceptors (Lipinski definition) is 8. The Labute approximate surface area is 632 Å². The van der Waals surface area contributed by atoms with Crippen molar-refractivity contribution < 1.29 is 19.2 Å². The molecule has 1 heterocycles. The van der Waals surface area contributed by atoms with Gasteiger partial charge in [-0.2, -0.15) is 0 Å². The summed E-state index contributed by atoms with van der Waals surface area (Å²) < 4.78 is 0. The molecule has 8 heteroatoms. The molecule has 0 saturated heterocycles. The average Bonchev–Trinajstić information content (AvgIpc) is 0.774. The molecule has 0 aliphatic carbocycles. The Morgan fingerprint density at radius 2 is 0.412 bits per heavy atom. The van der Waals surface area contributed by atoms with Crippen LogP contribution in [0.3, 0.4) is 0 Å². The first kappa shape index (κ1) is 79.9. The van der Waals surface area contributed by atoms with E-state index in [0.717, 1.165) is 102 Å². The molecule has 9 rings (SSSR count). The Balaban J connectivity index is 1.09. The highest BCUT2D eigenvalue weighted by molar-refractivity contribution is 8.01. The molecule has 8 aromatic rings. The van der Waals surface area contributed by atoms with Gasteiger partial charge in [-0.05, 0) is 147 Å². The number of carbonyl (C=O) groups excluding carboxylic acids is 4. The summed E-state index contributed by atoms with van der Waals surface area (Å²) in [5, 5.41) is 0. The second kappa shape index (κ2) is 44.0. The van der Waals surface area contributed by atoms with Gasteiger partial charge in [-0.1, -0.05) is 364 Å². The molecule has 0 fully saturated rings. The minimum absolute atomic E-state index is 0.129. The summed E-state index contributed by atoms with van der Waals surface area (Å²) in [6.45, 7) is 13.3. The molecule has 4 nitrogen and oxygen atoms in total. The highest BCUT2D eigenvalue weighted by atomic mass is 32.2. The maximum absolute atomic E-state index is 15.5. The molecule has 8 aromatic carbocycles. The van der Waals surface area contributed by atoms with Gasteiger partial charge in [-0.3, -0.25) is 19.2 Å². The molecule has 0 atom stereocenters. The Hall–Kier alpha value is -6.16. The Morgan fingerprint density at radius 1 is 0.225 bits per heavy atom. The number of ketones is 4. The lowest BCUT2D eigenvalue weighted by Crippen LogP contribution is -2.10. The van der Waals surface area contributed by atoms with Gasteiger partial charge in [-0.15, -0.1) is 0 Å². The third-order valence-corrected chi connectivity index (χ3v) is 25.5. The maximum atomic E-state index is 15.5. The molecule has 0 amide bonds. The molecule has 540 valence electrons. The summed E-state index contributed by atoms with van der Waals surface area (Å²) in [5.41, 5.74) is 11.2. The van der Waals surface area contributed by atoms with Gasteiger partial charge in [0.1, 0.15) is 0 Å². The van der Waals surface area contributed by atoms with Gasteiger partial charge in [-0.25, -0.2) is 0 Å². The van der Waals surface area contributed by atoms with Crippen molar-refractivity contribution >= 4 is 70.2 Å². The van der Waals surface area contributed by atoms with Crippen molar-refractivity contribution in [1.82, 2.24) is 0 Å². The molecule has 0 unspecified atom stereocenters. The van der Waals surface area contributed by atoms with Crippen molar-refractivity contribution in [3.05, 3.63) is 236 Å². The van der Waals surface area contributed by atoms with Crippen molar-refractivity contribution in [2.24, 2.45) is 0 Å². The van der Waals surface area contributed by atoms with Crippen LogP contribution in [0.25, 0.3) is 0 Å². The quantitative estimate of drug-likeness (QED) is 0.0276. The summed E-state index contributed by atoms with van der Waals surface area (Å²) >= 11 is 6.20. The highest BCUT2D eigenvalue weighted by Gasteiger charge is 2.28. The number of rotatable bonds is 44. The third-order valence-electron chi connectivity index (χ3n) is 20.6. The first-order valence-corrected chi connectivity index (χ1v) is 43.0. The normalized spacial score (nSPS) is 12.1. The third kappa shape index (κ3) is 24.5. The van der Waals surface area contributed by atoms with Crippen molar-refractivity contribution in [3.8, 4) is 0 Å². The first-order valence-electron chi connectivity index (χ1n) is 39.8. The van der Waals surface area contributed by atoms with Gasteiger partial charge >= 0.3 is 0 Å². The zero-order valence-corrected chi connectivity index (χ0v) is 66.0. The summed E-state index contributed by atoms with van der Waals surface area (Å²) in [6, 6.07) is 53.3. The van der Waals surface area contributed by atoms with Crippen molar-refractivity contribution in [3.63, 3.8) is 0 Å². The smallest absolute Gasteiger partial charge is 0.194 e. The van der Waals surface area contributed by atoms with E-state index >= 15 is 19.2 Å². The summed E-state index contributed by atoms with van der Waals surface area (Å²) in [5.74, 6) is -0.515. The number of unbranched alkanes of at least 4 members (excludes halogenated alkanes) is 28. The van der Waals surface area contributed by atoms with Crippen LogP contribution < -0.4 is 0 Å². The van der Waals surface area contributed by atoms with E-state index in [1.165, 1.54) is 202 Å². The fourth-order valence-corrected chi connectivity index (χ4v) is 18.7. The van der Waals surface area contributed by atoms with Crippen LogP contribution in [-0.2, 0) is 25.7 Å². The topological polar surface area (TPSA) is 68.3 Å². The van der Waals surface area contributed by atoms with E-state index < -0.39 is 0 Å². The maximum Gasteiger partial charge on any atom is 0.194 e. The van der Waals surface area contributed by atoms with Crippen LogP contribution in [0, 0.1) is 13.8 Å². The van der Waals surface area contributed by atoms with E-state index in [9.17, 15) is 0 Å². The van der Waals surface area contributed by atoms with Gasteiger partial charge in [0.25, 0.3) is 0 Å². The van der Waals surface area contributed by atoms with Gasteiger partial charge < -0.3 is 0 Å². The summed E-state index contributed by atoms with van der Waals surface area (Å²) in [7, 11) is 0. The SMILES string of the molecule is CCCCCCCCCCc1ccc(C(=O)c2cc(C(=O)c3ccc(CCCCCCCCCC)cc3)c3cc2Sc2cccc(c2C)Sc2cc(c(C(=O)c4ccc(CCCCCCCCCC)cc4)cc2C(=O)c2ccc(CCCCCCCCCC)cc2)Sc2cccc(c2C)S3)cc1. The average molecular weight is 1440 g/mol. The Bertz CT molecular complexity index is 3430. The lowest BCUT2D eigenvalue weighted by Gasteiger charge is -2.20. The predicted octanol–water partition coefficient (Wildman–Crippen LogP) is 28.9. The summed E-state index contributed by atoms with van der Waals surface area (Å²) in [6.07, 6.45) is 44.2. The molecule has 102 heavy (non-hydrogen) atoms. The molecule has 0 spiro atoms. The number of aryl methyl sites for hydroxylation is 4. The van der Waals surface area contributed by atoms with Gasteiger partial charge in [0, 0.05) is 83.7 Å². The highest BCUT2D eigenvalue weighted by Crippen LogP contribution is 2.48. The van der Waals surface area contributed by atoms with Crippen LogP contribution in [0.15, 0.2) is 197 Å². The number of hydrogen-bond donors (Lipinski definition) is 0. The van der Waals surface area contributed by atoms with Crippen LogP contribution in [-0.4, -0.2) is 23.1 Å². The van der Waals surface area contributed by atoms with Crippen LogP contribution in [0.2, 0.25) is 0 Å². The zero-order valence-electron chi connectivity index (χ0n) is 62.7. The van der Waals surface area contributed by atoms with Crippen molar-refractivity contribution in [2.75, 3.05) is 0 Å².